The predicted molar refractivity (Wildman–Crippen MR) is 137 cm³/mol. The van der Waals surface area contributed by atoms with E-state index in [-0.39, 0.29) is 17.7 Å². The Labute approximate surface area is 210 Å². The number of nitrogens with zero attached hydrogens (tertiary/aromatic N) is 4. The van der Waals surface area contributed by atoms with Gasteiger partial charge in [-0.05, 0) is 69.2 Å². The summed E-state index contributed by atoms with van der Waals surface area (Å²) in [5.41, 5.74) is 2.98. The van der Waals surface area contributed by atoms with E-state index in [0.29, 0.717) is 17.7 Å². The minimum Gasteiger partial charge on any atom is -0.497 e. The molecule has 1 amide bonds. The molecule has 0 N–H and O–H groups in total. The second kappa shape index (κ2) is 11.5. The standard InChI is InChI=1S/C26H32N4O4S/c1-5-29(6-2)19-11-9-18(10-12-19)25-27-28-26(34-25)35-17-24(31)30-15-7-8-22(30)21-16-20(32-3)13-14-23(21)33-4/h9-14,16,22H,5-8,15,17H2,1-4H3/t22-/m1/s1. The zero-order valence-corrected chi connectivity index (χ0v) is 21.5. The molecule has 35 heavy (non-hydrogen) atoms. The molecule has 0 spiro atoms. The van der Waals surface area contributed by atoms with Crippen molar-refractivity contribution in [2.75, 3.05) is 44.5 Å². The Hall–Kier alpha value is -3.20. The van der Waals surface area contributed by atoms with Gasteiger partial charge in [0.15, 0.2) is 0 Å². The van der Waals surface area contributed by atoms with Crippen LogP contribution >= 0.6 is 11.8 Å². The van der Waals surface area contributed by atoms with Crippen LogP contribution in [-0.4, -0.2) is 60.6 Å². The maximum absolute atomic E-state index is 13.1. The van der Waals surface area contributed by atoms with Gasteiger partial charge in [0, 0.05) is 36.4 Å². The SMILES string of the molecule is CCN(CC)c1ccc(-c2nnc(SCC(=O)N3CCC[C@@H]3c3cc(OC)ccc3OC)o2)cc1. The number of aromatic nitrogens is 2. The van der Waals surface area contributed by atoms with E-state index in [2.05, 4.69) is 41.1 Å². The molecule has 186 valence electrons. The number of methoxy groups -OCH3 is 2. The van der Waals surface area contributed by atoms with Gasteiger partial charge in [-0.25, -0.2) is 0 Å². The van der Waals surface area contributed by atoms with Crippen LogP contribution in [-0.2, 0) is 4.79 Å². The molecule has 1 atom stereocenters. The van der Waals surface area contributed by atoms with E-state index < -0.39 is 0 Å². The van der Waals surface area contributed by atoms with Crippen molar-refractivity contribution in [3.8, 4) is 23.0 Å². The maximum atomic E-state index is 13.1. The number of anilines is 1. The first-order chi connectivity index (χ1) is 17.1. The summed E-state index contributed by atoms with van der Waals surface area (Å²) >= 11 is 1.27. The molecule has 0 aliphatic carbocycles. The second-order valence-corrected chi connectivity index (χ2v) is 9.16. The molecule has 1 saturated heterocycles. The number of carbonyl (C=O) groups is 1. The third kappa shape index (κ3) is 5.56. The molecule has 2 heterocycles. The van der Waals surface area contributed by atoms with Crippen LogP contribution in [0.15, 0.2) is 52.1 Å². The van der Waals surface area contributed by atoms with Crippen molar-refractivity contribution in [2.24, 2.45) is 0 Å². The Balaban J connectivity index is 1.40. The van der Waals surface area contributed by atoms with Crippen LogP contribution in [0.5, 0.6) is 11.5 Å². The van der Waals surface area contributed by atoms with Crippen LogP contribution in [0, 0.1) is 0 Å². The molecule has 8 nitrogen and oxygen atoms in total. The predicted octanol–water partition coefficient (Wildman–Crippen LogP) is 5.06. The van der Waals surface area contributed by atoms with Gasteiger partial charge in [0.2, 0.25) is 11.8 Å². The molecule has 0 unspecified atom stereocenters. The van der Waals surface area contributed by atoms with Crippen molar-refractivity contribution < 1.29 is 18.7 Å². The van der Waals surface area contributed by atoms with E-state index in [1.807, 2.05) is 35.2 Å². The summed E-state index contributed by atoms with van der Waals surface area (Å²) < 4.78 is 16.8. The number of thioether (sulfide) groups is 1. The van der Waals surface area contributed by atoms with E-state index in [9.17, 15) is 4.79 Å². The summed E-state index contributed by atoms with van der Waals surface area (Å²) in [6.45, 7) is 6.88. The molecule has 1 aliphatic heterocycles. The number of hydrogen-bond donors (Lipinski definition) is 0. The average molecular weight is 497 g/mol. The fourth-order valence-electron chi connectivity index (χ4n) is 4.48. The van der Waals surface area contributed by atoms with E-state index in [0.717, 1.165) is 54.2 Å². The molecule has 1 aliphatic rings. The zero-order chi connectivity index (χ0) is 24.8. The molecule has 9 heteroatoms. The highest BCUT2D eigenvalue weighted by Gasteiger charge is 2.32. The highest BCUT2D eigenvalue weighted by molar-refractivity contribution is 7.99. The summed E-state index contributed by atoms with van der Waals surface area (Å²) in [7, 11) is 3.28. The molecule has 4 rings (SSSR count). The second-order valence-electron chi connectivity index (χ2n) is 8.23. The van der Waals surface area contributed by atoms with E-state index >= 15 is 0 Å². The molecule has 1 fully saturated rings. The molecule has 0 radical (unpaired) electrons. The summed E-state index contributed by atoms with van der Waals surface area (Å²) in [6.07, 6.45) is 1.82. The van der Waals surface area contributed by atoms with Crippen molar-refractivity contribution in [2.45, 2.75) is 38.0 Å². The lowest BCUT2D eigenvalue weighted by molar-refractivity contribution is -0.129. The lowest BCUT2D eigenvalue weighted by Gasteiger charge is -2.26. The van der Waals surface area contributed by atoms with Gasteiger partial charge in [-0.1, -0.05) is 11.8 Å². The van der Waals surface area contributed by atoms with Crippen LogP contribution in [0.2, 0.25) is 0 Å². The Morgan fingerprint density at radius 2 is 1.89 bits per heavy atom. The van der Waals surface area contributed by atoms with Gasteiger partial charge in [-0.15, -0.1) is 10.2 Å². The fraction of sp³-hybridized carbons (Fsp3) is 0.423. The number of amides is 1. The monoisotopic (exact) mass is 496 g/mol. The van der Waals surface area contributed by atoms with Crippen LogP contribution in [0.1, 0.15) is 38.3 Å². The Morgan fingerprint density at radius 1 is 1.11 bits per heavy atom. The van der Waals surface area contributed by atoms with E-state index in [4.69, 9.17) is 13.9 Å². The fourth-order valence-corrected chi connectivity index (χ4v) is 5.13. The van der Waals surface area contributed by atoms with E-state index in [1.54, 1.807) is 14.2 Å². The first kappa shape index (κ1) is 24.9. The third-order valence-corrected chi connectivity index (χ3v) is 7.14. The summed E-state index contributed by atoms with van der Waals surface area (Å²) in [4.78, 5) is 17.3. The van der Waals surface area contributed by atoms with Gasteiger partial charge in [0.25, 0.3) is 5.22 Å². The minimum absolute atomic E-state index is 0.0331. The molecular weight excluding hydrogens is 464 g/mol. The first-order valence-corrected chi connectivity index (χ1v) is 12.9. The van der Waals surface area contributed by atoms with Crippen LogP contribution < -0.4 is 14.4 Å². The maximum Gasteiger partial charge on any atom is 0.277 e. The number of benzene rings is 2. The normalized spacial score (nSPS) is 15.3. The number of rotatable bonds is 10. The summed E-state index contributed by atoms with van der Waals surface area (Å²) in [6, 6.07) is 13.7. The number of ether oxygens (including phenoxy) is 2. The van der Waals surface area contributed by atoms with Crippen LogP contribution in [0.4, 0.5) is 5.69 Å². The van der Waals surface area contributed by atoms with Crippen LogP contribution in [0.3, 0.4) is 0 Å². The topological polar surface area (TPSA) is 80.9 Å². The van der Waals surface area contributed by atoms with Crippen molar-refractivity contribution >= 4 is 23.4 Å². The summed E-state index contributed by atoms with van der Waals surface area (Å²) in [5.74, 6) is 2.22. The minimum atomic E-state index is -0.0456. The quantitative estimate of drug-likeness (QED) is 0.361. The smallest absolute Gasteiger partial charge is 0.277 e. The van der Waals surface area contributed by atoms with Gasteiger partial charge < -0.3 is 23.7 Å². The Kier molecular flexibility index (Phi) is 8.17. The van der Waals surface area contributed by atoms with Crippen molar-refractivity contribution in [3.63, 3.8) is 0 Å². The summed E-state index contributed by atoms with van der Waals surface area (Å²) in [5, 5.41) is 8.70. The number of hydrogen-bond acceptors (Lipinski definition) is 8. The van der Waals surface area contributed by atoms with Gasteiger partial charge in [0.1, 0.15) is 11.5 Å². The van der Waals surface area contributed by atoms with Crippen molar-refractivity contribution in [3.05, 3.63) is 48.0 Å². The molecule has 3 aromatic rings. The third-order valence-electron chi connectivity index (χ3n) is 6.34. The van der Waals surface area contributed by atoms with Gasteiger partial charge in [-0.2, -0.15) is 0 Å². The number of likely N-dealkylation sites (tertiary alicyclic amines) is 1. The van der Waals surface area contributed by atoms with Crippen molar-refractivity contribution in [1.29, 1.82) is 0 Å². The molecule has 2 aromatic carbocycles. The first-order valence-electron chi connectivity index (χ1n) is 11.9. The van der Waals surface area contributed by atoms with E-state index in [1.165, 1.54) is 11.8 Å². The highest BCUT2D eigenvalue weighted by atomic mass is 32.2. The average Bonchev–Trinajstić information content (AvgIpc) is 3.58. The largest absolute Gasteiger partial charge is 0.497 e. The van der Waals surface area contributed by atoms with Crippen LogP contribution in [0.25, 0.3) is 11.5 Å². The van der Waals surface area contributed by atoms with Gasteiger partial charge in [0.05, 0.1) is 26.0 Å². The Bertz CT molecular complexity index is 1130. The lowest BCUT2D eigenvalue weighted by Crippen LogP contribution is -2.32. The lowest BCUT2D eigenvalue weighted by atomic mass is 10.0. The van der Waals surface area contributed by atoms with Gasteiger partial charge >= 0.3 is 0 Å². The Morgan fingerprint density at radius 3 is 2.57 bits per heavy atom. The molecule has 0 saturated carbocycles. The molecular formula is C26H32N4O4S. The van der Waals surface area contributed by atoms with Gasteiger partial charge in [-0.3, -0.25) is 4.79 Å². The molecule has 0 bridgehead atoms. The number of carbonyl (C=O) groups excluding carboxylic acids is 1. The highest BCUT2D eigenvalue weighted by Crippen LogP contribution is 2.39. The van der Waals surface area contributed by atoms with Crippen molar-refractivity contribution in [1.82, 2.24) is 15.1 Å². The zero-order valence-electron chi connectivity index (χ0n) is 20.7. The molecule has 1 aromatic heterocycles.